The quantitative estimate of drug-likeness (QED) is 0.847. The fraction of sp³-hybridized carbons (Fsp3) is 0.250. The number of thiazole rings is 1. The normalized spacial score (nSPS) is 18.4. The largest absolute Gasteiger partial charge is 0.375 e. The van der Waals surface area contributed by atoms with Crippen molar-refractivity contribution in [3.63, 3.8) is 0 Å². The van der Waals surface area contributed by atoms with Crippen LogP contribution in [0.4, 0.5) is 13.9 Å². The highest BCUT2D eigenvalue weighted by Gasteiger charge is 2.29. The summed E-state index contributed by atoms with van der Waals surface area (Å²) in [5, 5.41) is 0.516. The SMILES string of the molecule is Nc1nc2c(s1)C(c1ccc(F)cc1F)CC2. The van der Waals surface area contributed by atoms with Crippen LogP contribution in [0.2, 0.25) is 0 Å². The summed E-state index contributed by atoms with van der Waals surface area (Å²) in [5.74, 6) is -1.07. The molecule has 1 aromatic carbocycles. The molecule has 5 heteroatoms. The molecule has 1 aromatic heterocycles. The monoisotopic (exact) mass is 252 g/mol. The topological polar surface area (TPSA) is 38.9 Å². The predicted octanol–water partition coefficient (Wildman–Crippen LogP) is 3.08. The van der Waals surface area contributed by atoms with E-state index in [2.05, 4.69) is 4.98 Å². The molecule has 2 N–H and O–H groups in total. The van der Waals surface area contributed by atoms with E-state index in [1.165, 1.54) is 23.5 Å². The first-order chi connectivity index (χ1) is 8.15. The lowest BCUT2D eigenvalue weighted by Gasteiger charge is -2.10. The summed E-state index contributed by atoms with van der Waals surface area (Å²) in [7, 11) is 0. The van der Waals surface area contributed by atoms with E-state index in [1.54, 1.807) is 0 Å². The molecule has 0 aliphatic heterocycles. The fourth-order valence-electron chi connectivity index (χ4n) is 2.33. The maximum Gasteiger partial charge on any atom is 0.180 e. The van der Waals surface area contributed by atoms with Crippen LogP contribution in [0.15, 0.2) is 18.2 Å². The number of aromatic nitrogens is 1. The van der Waals surface area contributed by atoms with E-state index in [-0.39, 0.29) is 5.92 Å². The van der Waals surface area contributed by atoms with Crippen LogP contribution in [0.25, 0.3) is 0 Å². The van der Waals surface area contributed by atoms with Crippen LogP contribution < -0.4 is 5.73 Å². The van der Waals surface area contributed by atoms with Crippen molar-refractivity contribution >= 4 is 16.5 Å². The third-order valence-corrected chi connectivity index (χ3v) is 4.11. The zero-order valence-corrected chi connectivity index (χ0v) is 9.73. The maximum atomic E-state index is 13.7. The Morgan fingerprint density at radius 1 is 1.35 bits per heavy atom. The van der Waals surface area contributed by atoms with Crippen molar-refractivity contribution in [2.24, 2.45) is 0 Å². The van der Waals surface area contributed by atoms with E-state index in [1.807, 2.05) is 0 Å². The zero-order valence-electron chi connectivity index (χ0n) is 8.91. The van der Waals surface area contributed by atoms with Gasteiger partial charge >= 0.3 is 0 Å². The summed E-state index contributed by atoms with van der Waals surface area (Å²) >= 11 is 1.40. The molecule has 2 aromatic rings. The molecule has 0 amide bonds. The summed E-state index contributed by atoms with van der Waals surface area (Å²) in [6.07, 6.45) is 1.63. The first-order valence-corrected chi connectivity index (χ1v) is 6.17. The van der Waals surface area contributed by atoms with E-state index >= 15 is 0 Å². The molecule has 17 heavy (non-hydrogen) atoms. The molecule has 1 atom stereocenters. The molecule has 0 saturated carbocycles. The first-order valence-electron chi connectivity index (χ1n) is 5.35. The van der Waals surface area contributed by atoms with Crippen molar-refractivity contribution in [2.75, 3.05) is 5.73 Å². The Morgan fingerprint density at radius 3 is 2.94 bits per heavy atom. The van der Waals surface area contributed by atoms with Crippen molar-refractivity contribution < 1.29 is 8.78 Å². The minimum Gasteiger partial charge on any atom is -0.375 e. The Hall–Kier alpha value is -1.49. The number of benzene rings is 1. The molecule has 88 valence electrons. The molecule has 0 spiro atoms. The number of hydrogen-bond acceptors (Lipinski definition) is 3. The van der Waals surface area contributed by atoms with Crippen LogP contribution in [0.5, 0.6) is 0 Å². The average Bonchev–Trinajstić information content (AvgIpc) is 2.78. The standard InChI is InChI=1S/C12H10F2N2S/c13-6-1-2-7(9(14)5-6)8-3-4-10-11(8)17-12(15)16-10/h1-2,5,8H,3-4H2,(H2,15,16). The third-order valence-electron chi connectivity index (χ3n) is 3.07. The summed E-state index contributed by atoms with van der Waals surface area (Å²) in [4.78, 5) is 5.24. The van der Waals surface area contributed by atoms with Crippen molar-refractivity contribution in [1.29, 1.82) is 0 Å². The van der Waals surface area contributed by atoms with E-state index < -0.39 is 11.6 Å². The molecule has 1 unspecified atom stereocenters. The number of nitrogens with zero attached hydrogens (tertiary/aromatic N) is 1. The highest BCUT2D eigenvalue weighted by atomic mass is 32.1. The molecular weight excluding hydrogens is 242 g/mol. The molecule has 0 saturated heterocycles. The van der Waals surface area contributed by atoms with Crippen LogP contribution in [0, 0.1) is 11.6 Å². The van der Waals surface area contributed by atoms with Crippen molar-refractivity contribution in [2.45, 2.75) is 18.8 Å². The summed E-state index contributed by atoms with van der Waals surface area (Å²) in [6.45, 7) is 0. The molecular formula is C12H10F2N2S. The Morgan fingerprint density at radius 2 is 2.18 bits per heavy atom. The fourth-order valence-corrected chi connectivity index (χ4v) is 3.36. The Labute approximate surface area is 101 Å². The highest BCUT2D eigenvalue weighted by molar-refractivity contribution is 7.15. The lowest BCUT2D eigenvalue weighted by Crippen LogP contribution is -1.99. The van der Waals surface area contributed by atoms with Crippen LogP contribution in [0.3, 0.4) is 0 Å². The predicted molar refractivity (Wildman–Crippen MR) is 63.0 cm³/mol. The van der Waals surface area contributed by atoms with Gasteiger partial charge in [-0.15, -0.1) is 11.3 Å². The Balaban J connectivity index is 2.06. The van der Waals surface area contributed by atoms with Gasteiger partial charge in [0.05, 0.1) is 5.69 Å². The summed E-state index contributed by atoms with van der Waals surface area (Å²) in [5.41, 5.74) is 7.14. The maximum absolute atomic E-state index is 13.7. The second-order valence-electron chi connectivity index (χ2n) is 4.12. The van der Waals surface area contributed by atoms with Crippen molar-refractivity contribution in [3.8, 4) is 0 Å². The molecule has 0 bridgehead atoms. The molecule has 1 aliphatic rings. The van der Waals surface area contributed by atoms with Gasteiger partial charge in [0, 0.05) is 16.9 Å². The zero-order chi connectivity index (χ0) is 12.0. The van der Waals surface area contributed by atoms with Gasteiger partial charge in [0.1, 0.15) is 11.6 Å². The third kappa shape index (κ3) is 1.70. The first kappa shape index (κ1) is 10.7. The summed E-state index contributed by atoms with van der Waals surface area (Å²) < 4.78 is 26.6. The summed E-state index contributed by atoms with van der Waals surface area (Å²) in [6, 6.07) is 3.73. The molecule has 2 nitrogen and oxygen atoms in total. The smallest absolute Gasteiger partial charge is 0.180 e. The van der Waals surface area contributed by atoms with Gasteiger partial charge < -0.3 is 5.73 Å². The second kappa shape index (κ2) is 3.77. The highest BCUT2D eigenvalue weighted by Crippen LogP contribution is 2.42. The second-order valence-corrected chi connectivity index (χ2v) is 5.18. The minimum absolute atomic E-state index is 0.0274. The number of fused-ring (bicyclic) bond motifs is 1. The van der Waals surface area contributed by atoms with Crippen LogP contribution >= 0.6 is 11.3 Å². The molecule has 1 aliphatic carbocycles. The average molecular weight is 252 g/mol. The van der Waals surface area contributed by atoms with E-state index in [0.717, 1.165) is 29.5 Å². The Bertz CT molecular complexity index is 580. The molecule has 1 heterocycles. The van der Waals surface area contributed by atoms with E-state index in [4.69, 9.17) is 5.73 Å². The van der Waals surface area contributed by atoms with E-state index in [9.17, 15) is 8.78 Å². The van der Waals surface area contributed by atoms with Crippen LogP contribution in [0.1, 0.15) is 28.5 Å². The minimum atomic E-state index is -0.548. The lowest BCUT2D eigenvalue weighted by molar-refractivity contribution is 0.564. The van der Waals surface area contributed by atoms with Gasteiger partial charge in [0.15, 0.2) is 5.13 Å². The van der Waals surface area contributed by atoms with Gasteiger partial charge in [0.25, 0.3) is 0 Å². The van der Waals surface area contributed by atoms with Crippen molar-refractivity contribution in [3.05, 3.63) is 46.0 Å². The van der Waals surface area contributed by atoms with Gasteiger partial charge in [-0.3, -0.25) is 0 Å². The van der Waals surface area contributed by atoms with Crippen molar-refractivity contribution in [1.82, 2.24) is 4.98 Å². The molecule has 3 rings (SSSR count). The number of nitrogen functional groups attached to an aromatic ring is 1. The van der Waals surface area contributed by atoms with E-state index in [0.29, 0.717) is 10.7 Å². The van der Waals surface area contributed by atoms with Gasteiger partial charge in [0.2, 0.25) is 0 Å². The number of aryl methyl sites for hydroxylation is 1. The van der Waals surface area contributed by atoms with Crippen LogP contribution in [-0.2, 0) is 6.42 Å². The van der Waals surface area contributed by atoms with Crippen LogP contribution in [-0.4, -0.2) is 4.98 Å². The number of halogens is 2. The Kier molecular flexibility index (Phi) is 2.36. The number of hydrogen-bond donors (Lipinski definition) is 1. The van der Waals surface area contributed by atoms with Gasteiger partial charge in [-0.2, -0.15) is 0 Å². The van der Waals surface area contributed by atoms with Gasteiger partial charge in [-0.05, 0) is 24.5 Å². The molecule has 0 fully saturated rings. The number of nitrogens with two attached hydrogens (primary N) is 1. The van der Waals surface area contributed by atoms with Gasteiger partial charge in [-0.1, -0.05) is 6.07 Å². The molecule has 0 radical (unpaired) electrons. The lowest BCUT2D eigenvalue weighted by atomic mass is 9.98. The number of anilines is 1. The van der Waals surface area contributed by atoms with Gasteiger partial charge in [-0.25, -0.2) is 13.8 Å². The number of rotatable bonds is 1.